The Morgan fingerprint density at radius 1 is 1.80 bits per heavy atom. The minimum atomic E-state index is -0.932. The van der Waals surface area contributed by atoms with Gasteiger partial charge in [0.2, 0.25) is 0 Å². The highest BCUT2D eigenvalue weighted by atomic mass is 16.6. The lowest BCUT2D eigenvalue weighted by atomic mass is 10.1. The van der Waals surface area contributed by atoms with E-state index in [1.807, 2.05) is 0 Å². The van der Waals surface area contributed by atoms with E-state index in [0.29, 0.717) is 13.3 Å². The van der Waals surface area contributed by atoms with E-state index in [1.165, 1.54) is 0 Å². The number of hydrogen-bond donors (Lipinski definition) is 1. The van der Waals surface area contributed by atoms with Crippen LogP contribution in [-0.2, 0) is 4.74 Å². The van der Waals surface area contributed by atoms with Gasteiger partial charge in [0.05, 0.1) is 13.3 Å². The Bertz CT molecular complexity index is 142. The quantitative estimate of drug-likeness (QED) is 0.404. The van der Waals surface area contributed by atoms with Crippen molar-refractivity contribution in [2.75, 3.05) is 19.9 Å². The van der Waals surface area contributed by atoms with Crippen molar-refractivity contribution in [2.24, 2.45) is 0 Å². The lowest BCUT2D eigenvalue weighted by Crippen LogP contribution is -2.53. The maximum absolute atomic E-state index is 10.4. The fourth-order valence-electron chi connectivity index (χ4n) is 0.832. The predicted molar refractivity (Wildman–Crippen MR) is 34.2 cm³/mol. The summed E-state index contributed by atoms with van der Waals surface area (Å²) >= 11 is 0. The zero-order chi connectivity index (χ0) is 7.61. The molecule has 58 valence electrons. The molecule has 5 heteroatoms. The summed E-state index contributed by atoms with van der Waals surface area (Å²) in [5.41, 5.74) is -0.932. The third-order valence-corrected chi connectivity index (χ3v) is 1.56. The Morgan fingerprint density at radius 3 is 2.80 bits per heavy atom. The van der Waals surface area contributed by atoms with E-state index in [9.17, 15) is 10.1 Å². The van der Waals surface area contributed by atoms with Gasteiger partial charge in [-0.1, -0.05) is 0 Å². The third kappa shape index (κ3) is 1.25. The van der Waals surface area contributed by atoms with Gasteiger partial charge in [0, 0.05) is 11.8 Å². The van der Waals surface area contributed by atoms with Crippen LogP contribution in [0.15, 0.2) is 0 Å². The molecule has 5 nitrogen and oxygen atoms in total. The monoisotopic (exact) mass is 146 g/mol. The van der Waals surface area contributed by atoms with Crippen LogP contribution in [0.5, 0.6) is 0 Å². The van der Waals surface area contributed by atoms with E-state index < -0.39 is 5.54 Å². The van der Waals surface area contributed by atoms with Gasteiger partial charge in [0.15, 0.2) is 0 Å². The lowest BCUT2D eigenvalue weighted by Gasteiger charge is -2.25. The van der Waals surface area contributed by atoms with Gasteiger partial charge in [-0.2, -0.15) is 0 Å². The summed E-state index contributed by atoms with van der Waals surface area (Å²) in [5.74, 6) is 0. The molecule has 10 heavy (non-hydrogen) atoms. The van der Waals surface area contributed by atoms with Crippen molar-refractivity contribution < 1.29 is 9.66 Å². The van der Waals surface area contributed by atoms with Gasteiger partial charge in [-0.15, -0.1) is 0 Å². The van der Waals surface area contributed by atoms with Crippen molar-refractivity contribution in [2.45, 2.75) is 12.5 Å². The third-order valence-electron chi connectivity index (χ3n) is 1.56. The van der Waals surface area contributed by atoms with E-state index >= 15 is 0 Å². The lowest BCUT2D eigenvalue weighted by molar-refractivity contribution is -0.571. The van der Waals surface area contributed by atoms with Crippen molar-refractivity contribution in [1.29, 1.82) is 0 Å². The molecule has 0 saturated carbocycles. The molecule has 1 aliphatic rings. The maximum Gasteiger partial charge on any atom is 0.254 e. The predicted octanol–water partition coefficient (Wildman–Crippen LogP) is -0.401. The fourth-order valence-corrected chi connectivity index (χ4v) is 0.832. The fraction of sp³-hybridized carbons (Fsp3) is 1.00. The van der Waals surface area contributed by atoms with Crippen molar-refractivity contribution in [3.8, 4) is 0 Å². The molecule has 1 aliphatic heterocycles. The summed E-state index contributed by atoms with van der Waals surface area (Å²) in [7, 11) is 0. The summed E-state index contributed by atoms with van der Waals surface area (Å²) in [6.45, 7) is 2.58. The van der Waals surface area contributed by atoms with E-state index in [2.05, 4.69) is 5.32 Å². The molecular weight excluding hydrogens is 136 g/mol. The molecule has 0 aromatic rings. The van der Waals surface area contributed by atoms with Crippen molar-refractivity contribution in [3.63, 3.8) is 0 Å². The Morgan fingerprint density at radius 2 is 2.50 bits per heavy atom. The molecule has 0 aromatic heterocycles. The van der Waals surface area contributed by atoms with Crippen LogP contribution in [-0.4, -0.2) is 30.3 Å². The molecular formula is C5H10N2O3. The molecule has 1 N–H and O–H groups in total. The Balaban J connectivity index is 2.56. The van der Waals surface area contributed by atoms with Crippen molar-refractivity contribution in [1.82, 2.24) is 5.32 Å². The average Bonchev–Trinajstić information content (AvgIpc) is 1.89. The van der Waals surface area contributed by atoms with E-state index in [1.54, 1.807) is 6.92 Å². The highest BCUT2D eigenvalue weighted by molar-refractivity contribution is 4.78. The molecule has 1 fully saturated rings. The molecule has 1 heterocycles. The van der Waals surface area contributed by atoms with Crippen LogP contribution < -0.4 is 5.32 Å². The standard InChI is InChI=1S/C5H10N2O3/c1-5(7(8)9)2-6-4-10-3-5/h6H,2-4H2,1H3. The molecule has 1 rings (SSSR count). The number of nitro groups is 1. The van der Waals surface area contributed by atoms with Gasteiger partial charge in [-0.05, 0) is 0 Å². The van der Waals surface area contributed by atoms with Gasteiger partial charge in [-0.25, -0.2) is 0 Å². The summed E-state index contributed by atoms with van der Waals surface area (Å²) in [4.78, 5) is 10.1. The molecule has 0 spiro atoms. The number of ether oxygens (including phenoxy) is 1. The molecule has 0 radical (unpaired) electrons. The van der Waals surface area contributed by atoms with Gasteiger partial charge in [-0.3, -0.25) is 15.4 Å². The van der Waals surface area contributed by atoms with Gasteiger partial charge in [0.25, 0.3) is 5.54 Å². The van der Waals surface area contributed by atoms with Gasteiger partial charge >= 0.3 is 0 Å². The van der Waals surface area contributed by atoms with Crippen LogP contribution in [0.25, 0.3) is 0 Å². The summed E-state index contributed by atoms with van der Waals surface area (Å²) in [5, 5.41) is 13.2. The Kier molecular flexibility index (Phi) is 1.87. The summed E-state index contributed by atoms with van der Waals surface area (Å²) in [6, 6.07) is 0. The molecule has 1 saturated heterocycles. The maximum atomic E-state index is 10.4. The molecule has 0 bridgehead atoms. The van der Waals surface area contributed by atoms with Crippen LogP contribution in [0.1, 0.15) is 6.92 Å². The first-order valence-corrected chi connectivity index (χ1v) is 3.08. The first-order chi connectivity index (χ1) is 4.65. The number of rotatable bonds is 1. The minimum absolute atomic E-state index is 0.201. The van der Waals surface area contributed by atoms with Gasteiger partial charge in [0.1, 0.15) is 6.61 Å². The largest absolute Gasteiger partial charge is 0.359 e. The van der Waals surface area contributed by atoms with E-state index in [0.717, 1.165) is 0 Å². The number of nitrogens with one attached hydrogen (secondary N) is 1. The first-order valence-electron chi connectivity index (χ1n) is 3.08. The second kappa shape index (κ2) is 2.51. The summed E-state index contributed by atoms with van der Waals surface area (Å²) in [6.07, 6.45) is 0. The molecule has 1 atom stereocenters. The van der Waals surface area contributed by atoms with Crippen LogP contribution in [0.3, 0.4) is 0 Å². The number of nitrogens with zero attached hydrogens (tertiary/aromatic N) is 1. The molecule has 0 aliphatic carbocycles. The number of hydrogen-bond acceptors (Lipinski definition) is 4. The van der Waals surface area contributed by atoms with Crippen LogP contribution in [0, 0.1) is 10.1 Å². The van der Waals surface area contributed by atoms with E-state index in [-0.39, 0.29) is 11.5 Å². The minimum Gasteiger partial charge on any atom is -0.359 e. The highest BCUT2D eigenvalue weighted by Gasteiger charge is 2.39. The second-order valence-electron chi connectivity index (χ2n) is 2.67. The average molecular weight is 146 g/mol. The second-order valence-corrected chi connectivity index (χ2v) is 2.67. The molecule has 0 amide bonds. The Hall–Kier alpha value is -0.680. The van der Waals surface area contributed by atoms with Crippen LogP contribution in [0.4, 0.5) is 0 Å². The van der Waals surface area contributed by atoms with Crippen molar-refractivity contribution >= 4 is 0 Å². The van der Waals surface area contributed by atoms with Crippen LogP contribution in [0.2, 0.25) is 0 Å². The Labute approximate surface area is 58.5 Å². The zero-order valence-corrected chi connectivity index (χ0v) is 5.79. The molecule has 0 aromatic carbocycles. The zero-order valence-electron chi connectivity index (χ0n) is 5.79. The SMILES string of the molecule is CC1([N+](=O)[O-])CNCOC1. The topological polar surface area (TPSA) is 64.4 Å². The molecule has 1 unspecified atom stereocenters. The summed E-state index contributed by atoms with van der Waals surface area (Å²) < 4.78 is 4.89. The smallest absolute Gasteiger partial charge is 0.254 e. The highest BCUT2D eigenvalue weighted by Crippen LogP contribution is 2.10. The van der Waals surface area contributed by atoms with Crippen molar-refractivity contribution in [3.05, 3.63) is 10.1 Å². The van der Waals surface area contributed by atoms with E-state index in [4.69, 9.17) is 4.74 Å². The first kappa shape index (κ1) is 7.43. The normalized spacial score (nSPS) is 33.7. The van der Waals surface area contributed by atoms with Gasteiger partial charge < -0.3 is 4.74 Å². The van der Waals surface area contributed by atoms with Crippen LogP contribution >= 0.6 is 0 Å².